The van der Waals surface area contributed by atoms with Gasteiger partial charge in [0.15, 0.2) is 0 Å². The second-order valence-corrected chi connectivity index (χ2v) is 2.18. The molecular weight excluding hydrogens is 128 g/mol. The van der Waals surface area contributed by atoms with Gasteiger partial charge in [0, 0.05) is 26.6 Å². The summed E-state index contributed by atoms with van der Waals surface area (Å²) in [7, 11) is 3.66. The highest BCUT2D eigenvalue weighted by Gasteiger charge is 1.96. The van der Waals surface area contributed by atoms with Gasteiger partial charge in [-0.05, 0) is 6.07 Å². The smallest absolute Gasteiger partial charge is 0.118 e. The third kappa shape index (κ3) is 1.51. The van der Waals surface area contributed by atoms with Crippen LogP contribution in [0.25, 0.3) is 0 Å². The molecule has 1 heterocycles. The van der Waals surface area contributed by atoms with E-state index in [4.69, 9.17) is 4.74 Å². The normalized spacial score (nSPS) is 9.80. The van der Waals surface area contributed by atoms with E-state index in [-0.39, 0.29) is 0 Å². The molecule has 1 aromatic rings. The predicted molar refractivity (Wildman–Crippen MR) is 41.1 cm³/mol. The van der Waals surface area contributed by atoms with Crippen molar-refractivity contribution in [2.75, 3.05) is 25.8 Å². The minimum absolute atomic E-state index is 0.623. The van der Waals surface area contributed by atoms with E-state index in [1.54, 1.807) is 7.11 Å². The highest BCUT2D eigenvalue weighted by molar-refractivity contribution is 5.42. The van der Waals surface area contributed by atoms with Crippen LogP contribution in [0, 0.1) is 0 Å². The first-order chi connectivity index (χ1) is 4.84. The summed E-state index contributed by atoms with van der Waals surface area (Å²) in [6.07, 6.45) is 3.82. The van der Waals surface area contributed by atoms with Crippen molar-refractivity contribution in [2.24, 2.45) is 0 Å². The molecule has 0 aromatic carbocycles. The van der Waals surface area contributed by atoms with Gasteiger partial charge in [-0.3, -0.25) is 0 Å². The van der Waals surface area contributed by atoms with Crippen molar-refractivity contribution in [3.05, 3.63) is 18.5 Å². The average Bonchev–Trinajstić information content (AvgIpc) is 2.38. The van der Waals surface area contributed by atoms with Crippen LogP contribution < -0.4 is 4.90 Å². The van der Waals surface area contributed by atoms with E-state index in [1.165, 1.54) is 0 Å². The van der Waals surface area contributed by atoms with Crippen molar-refractivity contribution < 1.29 is 4.74 Å². The number of aromatic nitrogens is 1. The maximum absolute atomic E-state index is 4.94. The Labute approximate surface area is 60.6 Å². The summed E-state index contributed by atoms with van der Waals surface area (Å²) in [4.78, 5) is 4.98. The van der Waals surface area contributed by atoms with E-state index < -0.39 is 0 Å². The Morgan fingerprint density at radius 3 is 3.00 bits per heavy atom. The van der Waals surface area contributed by atoms with Crippen LogP contribution in [0.2, 0.25) is 0 Å². The Bertz CT molecular complexity index is 172. The number of aromatic amines is 1. The van der Waals surface area contributed by atoms with Gasteiger partial charge in [-0.15, -0.1) is 0 Å². The number of H-pyrrole nitrogens is 1. The van der Waals surface area contributed by atoms with Crippen molar-refractivity contribution in [1.82, 2.24) is 4.98 Å². The average molecular weight is 140 g/mol. The monoisotopic (exact) mass is 140 g/mol. The van der Waals surface area contributed by atoms with Crippen LogP contribution in [0.1, 0.15) is 0 Å². The van der Waals surface area contributed by atoms with Gasteiger partial charge in [0.1, 0.15) is 6.73 Å². The Morgan fingerprint density at radius 2 is 2.50 bits per heavy atom. The zero-order valence-electron chi connectivity index (χ0n) is 6.29. The van der Waals surface area contributed by atoms with Crippen molar-refractivity contribution in [3.8, 4) is 0 Å². The molecule has 0 radical (unpaired) electrons. The number of hydrogen-bond donors (Lipinski definition) is 1. The predicted octanol–water partition coefficient (Wildman–Crippen LogP) is 1.05. The first kappa shape index (κ1) is 7.15. The maximum atomic E-state index is 4.94. The molecule has 3 heteroatoms. The molecule has 0 saturated heterocycles. The summed E-state index contributed by atoms with van der Waals surface area (Å²) in [6, 6.07) is 2.00. The number of hydrogen-bond acceptors (Lipinski definition) is 2. The standard InChI is InChI=1S/C7H12N2O/c1-9(6-10-2)7-3-4-8-5-7/h3-5,8H,6H2,1-2H3. The topological polar surface area (TPSA) is 28.3 Å². The van der Waals surface area contributed by atoms with Gasteiger partial charge in [-0.2, -0.15) is 0 Å². The Balaban J connectivity index is 2.50. The number of nitrogens with zero attached hydrogens (tertiary/aromatic N) is 1. The summed E-state index contributed by atoms with van der Waals surface area (Å²) in [5.74, 6) is 0. The molecule has 3 nitrogen and oxygen atoms in total. The highest BCUT2D eigenvalue weighted by atomic mass is 16.5. The molecule has 1 N–H and O–H groups in total. The van der Waals surface area contributed by atoms with E-state index in [2.05, 4.69) is 4.98 Å². The van der Waals surface area contributed by atoms with Crippen LogP contribution in [-0.2, 0) is 4.74 Å². The minimum atomic E-state index is 0.623. The van der Waals surface area contributed by atoms with Gasteiger partial charge in [0.05, 0.1) is 5.69 Å². The van der Waals surface area contributed by atoms with Crippen molar-refractivity contribution in [1.29, 1.82) is 0 Å². The first-order valence-corrected chi connectivity index (χ1v) is 3.17. The summed E-state index contributed by atoms with van der Waals surface area (Å²) in [5.41, 5.74) is 1.14. The largest absolute Gasteiger partial charge is 0.366 e. The fourth-order valence-corrected chi connectivity index (χ4v) is 0.821. The number of nitrogens with one attached hydrogen (secondary N) is 1. The van der Waals surface area contributed by atoms with Crippen LogP contribution >= 0.6 is 0 Å². The van der Waals surface area contributed by atoms with E-state index in [9.17, 15) is 0 Å². The molecular formula is C7H12N2O. The lowest BCUT2D eigenvalue weighted by molar-refractivity contribution is 0.202. The molecule has 56 valence electrons. The fraction of sp³-hybridized carbons (Fsp3) is 0.429. The van der Waals surface area contributed by atoms with Gasteiger partial charge in [0.2, 0.25) is 0 Å². The molecule has 0 aliphatic rings. The van der Waals surface area contributed by atoms with Gasteiger partial charge in [0.25, 0.3) is 0 Å². The molecule has 0 fully saturated rings. The van der Waals surface area contributed by atoms with E-state index in [1.807, 2.05) is 30.4 Å². The fourth-order valence-electron chi connectivity index (χ4n) is 0.821. The van der Waals surface area contributed by atoms with Crippen LogP contribution in [-0.4, -0.2) is 25.9 Å². The number of methoxy groups -OCH3 is 1. The molecule has 0 bridgehead atoms. The van der Waals surface area contributed by atoms with Crippen LogP contribution in [0.3, 0.4) is 0 Å². The molecule has 0 spiro atoms. The molecule has 1 rings (SSSR count). The van der Waals surface area contributed by atoms with Crippen LogP contribution in [0.5, 0.6) is 0 Å². The van der Waals surface area contributed by atoms with E-state index in [0.717, 1.165) is 5.69 Å². The molecule has 0 aliphatic carbocycles. The number of anilines is 1. The zero-order chi connectivity index (χ0) is 7.40. The SMILES string of the molecule is COCN(C)c1cc[nH]c1. The highest BCUT2D eigenvalue weighted by Crippen LogP contribution is 2.08. The molecule has 10 heavy (non-hydrogen) atoms. The van der Waals surface area contributed by atoms with E-state index >= 15 is 0 Å². The molecule has 0 saturated carbocycles. The van der Waals surface area contributed by atoms with Crippen molar-refractivity contribution >= 4 is 5.69 Å². The van der Waals surface area contributed by atoms with E-state index in [0.29, 0.717) is 6.73 Å². The van der Waals surface area contributed by atoms with Gasteiger partial charge >= 0.3 is 0 Å². The molecule has 0 unspecified atom stereocenters. The summed E-state index contributed by atoms with van der Waals surface area (Å²) >= 11 is 0. The van der Waals surface area contributed by atoms with Gasteiger partial charge < -0.3 is 14.6 Å². The zero-order valence-corrected chi connectivity index (χ0v) is 6.29. The second kappa shape index (κ2) is 3.27. The minimum Gasteiger partial charge on any atom is -0.366 e. The maximum Gasteiger partial charge on any atom is 0.118 e. The van der Waals surface area contributed by atoms with Crippen LogP contribution in [0.4, 0.5) is 5.69 Å². The van der Waals surface area contributed by atoms with Crippen molar-refractivity contribution in [2.45, 2.75) is 0 Å². The van der Waals surface area contributed by atoms with Crippen LogP contribution in [0.15, 0.2) is 18.5 Å². The number of rotatable bonds is 3. The first-order valence-electron chi connectivity index (χ1n) is 3.17. The Hall–Kier alpha value is -0.960. The molecule has 0 aliphatic heterocycles. The quantitative estimate of drug-likeness (QED) is 0.636. The lowest BCUT2D eigenvalue weighted by Gasteiger charge is -2.14. The lowest BCUT2D eigenvalue weighted by atomic mass is 10.5. The summed E-state index contributed by atoms with van der Waals surface area (Å²) in [5, 5.41) is 0. The summed E-state index contributed by atoms with van der Waals surface area (Å²) in [6.45, 7) is 0.623. The third-order valence-electron chi connectivity index (χ3n) is 1.35. The Kier molecular flexibility index (Phi) is 2.34. The van der Waals surface area contributed by atoms with Gasteiger partial charge in [-0.1, -0.05) is 0 Å². The molecule has 0 amide bonds. The summed E-state index contributed by atoms with van der Waals surface area (Å²) < 4.78 is 4.94. The van der Waals surface area contributed by atoms with Gasteiger partial charge in [-0.25, -0.2) is 0 Å². The Morgan fingerprint density at radius 1 is 1.70 bits per heavy atom. The third-order valence-corrected chi connectivity index (χ3v) is 1.35. The molecule has 1 aromatic heterocycles. The second-order valence-electron chi connectivity index (χ2n) is 2.18. The van der Waals surface area contributed by atoms with Crippen molar-refractivity contribution in [3.63, 3.8) is 0 Å². The molecule has 0 atom stereocenters. The lowest BCUT2D eigenvalue weighted by Crippen LogP contribution is -2.18. The number of ether oxygens (including phenoxy) is 1.